The second kappa shape index (κ2) is 10.6. The molecule has 1 saturated heterocycles. The molecule has 4 aromatic rings. The number of aryl methyl sites for hydroxylation is 1. The van der Waals surface area contributed by atoms with Crippen LogP contribution in [0.25, 0.3) is 22.3 Å². The van der Waals surface area contributed by atoms with Crippen molar-refractivity contribution in [2.24, 2.45) is 0 Å². The molecular formula is C28H27F3N4O3. The number of pyridine rings is 1. The number of alkyl halides is 3. The highest BCUT2D eigenvalue weighted by Gasteiger charge is 2.31. The van der Waals surface area contributed by atoms with Gasteiger partial charge in [-0.25, -0.2) is 4.98 Å². The van der Waals surface area contributed by atoms with Crippen molar-refractivity contribution in [1.82, 2.24) is 20.1 Å². The van der Waals surface area contributed by atoms with Crippen molar-refractivity contribution >= 4 is 16.8 Å². The second-order valence-corrected chi connectivity index (χ2v) is 9.46. The monoisotopic (exact) mass is 524 g/mol. The van der Waals surface area contributed by atoms with Crippen LogP contribution in [0, 0.1) is 6.92 Å². The van der Waals surface area contributed by atoms with Crippen LogP contribution in [0.5, 0.6) is 0 Å². The molecule has 1 atom stereocenters. The molecule has 0 bridgehead atoms. The van der Waals surface area contributed by atoms with E-state index in [2.05, 4.69) is 20.1 Å². The summed E-state index contributed by atoms with van der Waals surface area (Å²) in [4.78, 5) is 19.6. The van der Waals surface area contributed by atoms with E-state index < -0.39 is 23.6 Å². The topological polar surface area (TPSA) is 91.3 Å². The number of aromatic nitrogens is 3. The van der Waals surface area contributed by atoms with Gasteiger partial charge >= 0.3 is 6.18 Å². The smallest absolute Gasteiger partial charge is 0.385 e. The third kappa shape index (κ3) is 5.62. The molecule has 10 heteroatoms. The molecule has 0 amide bonds. The summed E-state index contributed by atoms with van der Waals surface area (Å²) < 4.78 is 44.5. The zero-order valence-corrected chi connectivity index (χ0v) is 20.8. The van der Waals surface area contributed by atoms with E-state index in [4.69, 9.17) is 4.74 Å². The number of carbonyl (C=O) groups excluding carboxylic acids is 1. The molecule has 2 aromatic carbocycles. The molecule has 2 aromatic heterocycles. The maximum Gasteiger partial charge on any atom is 0.416 e. The number of halogens is 3. The van der Waals surface area contributed by atoms with Gasteiger partial charge in [-0.15, -0.1) is 0 Å². The molecule has 0 spiro atoms. The number of morpholine rings is 1. The average Bonchev–Trinajstić information content (AvgIpc) is 3.33. The number of rotatable bonds is 7. The number of carbonyl (C=O) groups is 1. The van der Waals surface area contributed by atoms with Crippen molar-refractivity contribution in [1.29, 1.82) is 0 Å². The van der Waals surface area contributed by atoms with Crippen LogP contribution in [-0.4, -0.2) is 63.8 Å². The quantitative estimate of drug-likeness (QED) is 0.340. The SMILES string of the molecule is Cc1ccc(CC(=O)c2cccc(C(F)(F)F)c2)cc1-c1ccc2c(C(O)CN3CCOCC3)[nH]nc2n1. The van der Waals surface area contributed by atoms with Crippen LogP contribution in [0.4, 0.5) is 13.2 Å². The zero-order chi connectivity index (χ0) is 26.9. The molecule has 0 saturated carbocycles. The summed E-state index contributed by atoms with van der Waals surface area (Å²) >= 11 is 0. The fourth-order valence-corrected chi connectivity index (χ4v) is 4.65. The summed E-state index contributed by atoms with van der Waals surface area (Å²) in [5.74, 6) is -0.402. The van der Waals surface area contributed by atoms with Crippen molar-refractivity contribution in [2.45, 2.75) is 25.6 Å². The fourth-order valence-electron chi connectivity index (χ4n) is 4.65. The largest absolute Gasteiger partial charge is 0.416 e. The lowest BCUT2D eigenvalue weighted by Gasteiger charge is -2.28. The minimum atomic E-state index is -4.51. The van der Waals surface area contributed by atoms with Crippen LogP contribution >= 0.6 is 0 Å². The Bertz CT molecular complexity index is 1460. The molecule has 5 rings (SSSR count). The summed E-state index contributed by atoms with van der Waals surface area (Å²) in [7, 11) is 0. The Kier molecular flexibility index (Phi) is 7.29. The van der Waals surface area contributed by atoms with Crippen molar-refractivity contribution < 1.29 is 27.8 Å². The molecule has 7 nitrogen and oxygen atoms in total. The number of ketones is 1. The number of aliphatic hydroxyl groups excluding tert-OH is 1. The molecule has 3 heterocycles. The molecule has 1 unspecified atom stereocenters. The van der Waals surface area contributed by atoms with Crippen molar-refractivity contribution in [3.05, 3.63) is 82.5 Å². The number of ether oxygens (including phenoxy) is 1. The van der Waals surface area contributed by atoms with Gasteiger partial charge in [-0.1, -0.05) is 24.3 Å². The van der Waals surface area contributed by atoms with Gasteiger partial charge in [0, 0.05) is 42.6 Å². The number of benzene rings is 2. The van der Waals surface area contributed by atoms with E-state index in [1.165, 1.54) is 12.1 Å². The lowest BCUT2D eigenvalue weighted by molar-refractivity contribution is -0.137. The van der Waals surface area contributed by atoms with Gasteiger partial charge in [0.05, 0.1) is 30.2 Å². The van der Waals surface area contributed by atoms with E-state index in [1.807, 2.05) is 31.2 Å². The second-order valence-electron chi connectivity index (χ2n) is 9.46. The van der Waals surface area contributed by atoms with Crippen LogP contribution in [-0.2, 0) is 17.3 Å². The van der Waals surface area contributed by atoms with Crippen LogP contribution < -0.4 is 0 Å². The van der Waals surface area contributed by atoms with Gasteiger partial charge in [-0.05, 0) is 48.4 Å². The number of β-amino-alcohol motifs (C(OH)–C–C–N with tert-alkyl or cyclic N) is 1. The Hall–Kier alpha value is -3.60. The van der Waals surface area contributed by atoms with Gasteiger partial charge < -0.3 is 9.84 Å². The number of aromatic amines is 1. The summed E-state index contributed by atoms with van der Waals surface area (Å²) in [6.45, 7) is 5.19. The Morgan fingerprint density at radius 2 is 1.92 bits per heavy atom. The number of nitrogens with one attached hydrogen (secondary N) is 1. The molecular weight excluding hydrogens is 497 g/mol. The van der Waals surface area contributed by atoms with Crippen LogP contribution in [0.3, 0.4) is 0 Å². The van der Waals surface area contributed by atoms with Crippen LogP contribution in [0.1, 0.15) is 38.8 Å². The number of Topliss-reactive ketones (excluding diaryl/α,β-unsaturated/α-hetero) is 1. The van der Waals surface area contributed by atoms with Gasteiger partial charge in [0.15, 0.2) is 11.4 Å². The minimum absolute atomic E-state index is 0.0150. The first-order chi connectivity index (χ1) is 18.2. The summed E-state index contributed by atoms with van der Waals surface area (Å²) in [5, 5.41) is 18.7. The molecule has 1 aliphatic rings. The van der Waals surface area contributed by atoms with Gasteiger partial charge in [0.25, 0.3) is 0 Å². The molecule has 1 aliphatic heterocycles. The van der Waals surface area contributed by atoms with E-state index >= 15 is 0 Å². The van der Waals surface area contributed by atoms with Gasteiger partial charge in [-0.3, -0.25) is 14.8 Å². The highest BCUT2D eigenvalue weighted by Crippen LogP contribution is 2.31. The highest BCUT2D eigenvalue weighted by molar-refractivity contribution is 5.97. The van der Waals surface area contributed by atoms with Crippen molar-refractivity contribution in [2.75, 3.05) is 32.8 Å². The van der Waals surface area contributed by atoms with Crippen LogP contribution in [0.15, 0.2) is 54.6 Å². The predicted octanol–water partition coefficient (Wildman–Crippen LogP) is 4.74. The number of nitrogens with zero attached hydrogens (tertiary/aromatic N) is 3. The molecule has 0 aliphatic carbocycles. The first kappa shape index (κ1) is 26.0. The first-order valence-electron chi connectivity index (χ1n) is 12.3. The zero-order valence-electron chi connectivity index (χ0n) is 20.8. The normalized spacial score (nSPS) is 15.6. The van der Waals surface area contributed by atoms with Gasteiger partial charge in [-0.2, -0.15) is 18.3 Å². The number of hydrogen-bond acceptors (Lipinski definition) is 6. The number of hydrogen-bond donors (Lipinski definition) is 2. The first-order valence-corrected chi connectivity index (χ1v) is 12.3. The van der Waals surface area contributed by atoms with Gasteiger partial charge in [0.1, 0.15) is 6.10 Å². The summed E-state index contributed by atoms with van der Waals surface area (Å²) in [6, 6.07) is 13.6. The Morgan fingerprint density at radius 1 is 1.13 bits per heavy atom. The van der Waals surface area contributed by atoms with Crippen molar-refractivity contribution in [3.8, 4) is 11.3 Å². The number of aliphatic hydroxyl groups is 1. The van der Waals surface area contributed by atoms with Gasteiger partial charge in [0.2, 0.25) is 0 Å². The summed E-state index contributed by atoms with van der Waals surface area (Å²) in [6.07, 6.45) is -5.31. The van der Waals surface area contributed by atoms with E-state index in [9.17, 15) is 23.1 Å². The third-order valence-electron chi connectivity index (χ3n) is 6.77. The van der Waals surface area contributed by atoms with E-state index in [1.54, 1.807) is 6.07 Å². The van der Waals surface area contributed by atoms with E-state index in [0.29, 0.717) is 42.4 Å². The molecule has 0 radical (unpaired) electrons. The lowest BCUT2D eigenvalue weighted by atomic mass is 9.96. The van der Waals surface area contributed by atoms with Crippen molar-refractivity contribution in [3.63, 3.8) is 0 Å². The molecule has 1 fully saturated rings. The lowest BCUT2D eigenvalue weighted by Crippen LogP contribution is -2.38. The number of fused-ring (bicyclic) bond motifs is 1. The highest BCUT2D eigenvalue weighted by atomic mass is 19.4. The van der Waals surface area contributed by atoms with E-state index in [0.717, 1.165) is 41.7 Å². The fraction of sp³-hybridized carbons (Fsp3) is 0.321. The van der Waals surface area contributed by atoms with Crippen LogP contribution in [0.2, 0.25) is 0 Å². The maximum atomic E-state index is 13.1. The van der Waals surface area contributed by atoms with E-state index in [-0.39, 0.29) is 12.0 Å². The maximum absolute atomic E-state index is 13.1. The third-order valence-corrected chi connectivity index (χ3v) is 6.77. The molecule has 38 heavy (non-hydrogen) atoms. The predicted molar refractivity (Wildman–Crippen MR) is 136 cm³/mol. The summed E-state index contributed by atoms with van der Waals surface area (Å²) in [5.41, 5.74) is 3.25. The Morgan fingerprint density at radius 3 is 2.68 bits per heavy atom. The standard InChI is InChI=1S/C28H27F3N4O3/c1-17-5-6-18(14-24(36)19-3-2-4-20(15-19)28(29,30)31)13-22(17)23-8-7-21-26(33-34-27(21)32-23)25(37)16-35-9-11-38-12-10-35/h2-8,13,15,25,37H,9-12,14,16H2,1H3,(H,32,33,34). The Balaban J connectivity index is 1.36. The average molecular weight is 525 g/mol. The molecule has 198 valence electrons. The molecule has 2 N–H and O–H groups in total. The number of H-pyrrole nitrogens is 1. The Labute approximate surface area is 217 Å². The minimum Gasteiger partial charge on any atom is -0.385 e.